The summed E-state index contributed by atoms with van der Waals surface area (Å²) >= 11 is 11.8. The molecule has 2 aromatic rings. The minimum Gasteiger partial charge on any atom is -0.482 e. The Balaban J connectivity index is 1.89. The van der Waals surface area contributed by atoms with Crippen LogP contribution in [-0.4, -0.2) is 18.2 Å². The molecule has 126 valence electrons. The quantitative estimate of drug-likeness (QED) is 0.606. The van der Waals surface area contributed by atoms with Gasteiger partial charge in [-0.2, -0.15) is 5.10 Å². The molecule has 0 bridgehead atoms. The van der Waals surface area contributed by atoms with E-state index in [0.717, 1.165) is 17.7 Å². The third kappa shape index (κ3) is 5.25. The lowest BCUT2D eigenvalue weighted by molar-refractivity contribution is -0.123. The highest BCUT2D eigenvalue weighted by atomic mass is 35.5. The summed E-state index contributed by atoms with van der Waals surface area (Å²) in [6.45, 7) is 3.74. The van der Waals surface area contributed by atoms with Crippen molar-refractivity contribution in [1.29, 1.82) is 0 Å². The summed E-state index contributed by atoms with van der Waals surface area (Å²) in [5.74, 6) is 0.0256. The van der Waals surface area contributed by atoms with Gasteiger partial charge in [0.25, 0.3) is 5.91 Å². The number of halogens is 2. The van der Waals surface area contributed by atoms with Crippen LogP contribution in [0.5, 0.6) is 5.75 Å². The molecule has 6 heteroatoms. The fourth-order valence-corrected chi connectivity index (χ4v) is 2.42. The van der Waals surface area contributed by atoms with Crippen molar-refractivity contribution in [3.05, 3.63) is 63.6 Å². The van der Waals surface area contributed by atoms with Crippen molar-refractivity contribution in [2.45, 2.75) is 20.3 Å². The number of nitrogens with zero attached hydrogens (tertiary/aromatic N) is 1. The molecule has 0 aliphatic heterocycles. The van der Waals surface area contributed by atoms with Gasteiger partial charge in [-0.3, -0.25) is 4.79 Å². The topological polar surface area (TPSA) is 50.7 Å². The summed E-state index contributed by atoms with van der Waals surface area (Å²) in [6.07, 6.45) is 0.984. The van der Waals surface area contributed by atoms with Crippen molar-refractivity contribution in [1.82, 2.24) is 5.43 Å². The lowest BCUT2D eigenvalue weighted by atomic mass is 10.1. The van der Waals surface area contributed by atoms with Gasteiger partial charge in [0.05, 0.1) is 10.7 Å². The monoisotopic (exact) mass is 364 g/mol. The maximum atomic E-state index is 11.8. The highest BCUT2D eigenvalue weighted by Gasteiger charge is 2.06. The van der Waals surface area contributed by atoms with Gasteiger partial charge >= 0.3 is 0 Å². The van der Waals surface area contributed by atoms with Gasteiger partial charge in [0, 0.05) is 5.02 Å². The van der Waals surface area contributed by atoms with Gasteiger partial charge in [-0.1, -0.05) is 54.4 Å². The third-order valence-electron chi connectivity index (χ3n) is 3.38. The number of amides is 1. The van der Waals surface area contributed by atoms with Gasteiger partial charge in [-0.05, 0) is 42.7 Å². The van der Waals surface area contributed by atoms with E-state index in [1.807, 2.05) is 31.2 Å². The van der Waals surface area contributed by atoms with Crippen LogP contribution in [0, 0.1) is 0 Å². The van der Waals surface area contributed by atoms with E-state index in [9.17, 15) is 4.79 Å². The molecule has 0 atom stereocenters. The molecule has 0 saturated carbocycles. The number of nitrogens with one attached hydrogen (secondary N) is 1. The zero-order valence-corrected chi connectivity index (χ0v) is 15.0. The first-order valence-electron chi connectivity index (χ1n) is 7.50. The van der Waals surface area contributed by atoms with Crippen LogP contribution < -0.4 is 10.2 Å². The van der Waals surface area contributed by atoms with Crippen molar-refractivity contribution in [2.75, 3.05) is 6.61 Å². The first kappa shape index (κ1) is 18.3. The number of hydrazone groups is 1. The second kappa shape index (κ2) is 8.71. The second-order valence-corrected chi connectivity index (χ2v) is 5.99. The molecule has 2 aromatic carbocycles. The largest absolute Gasteiger partial charge is 0.482 e. The smallest absolute Gasteiger partial charge is 0.277 e. The predicted octanol–water partition coefficient (Wildman–Crippen LogP) is 4.48. The van der Waals surface area contributed by atoms with Crippen LogP contribution in [-0.2, 0) is 11.2 Å². The molecule has 0 aromatic heterocycles. The van der Waals surface area contributed by atoms with E-state index in [1.54, 1.807) is 18.2 Å². The molecule has 0 radical (unpaired) electrons. The van der Waals surface area contributed by atoms with Crippen LogP contribution in [0.1, 0.15) is 25.0 Å². The number of rotatable bonds is 6. The van der Waals surface area contributed by atoms with Gasteiger partial charge in [0.2, 0.25) is 0 Å². The fourth-order valence-electron chi connectivity index (χ4n) is 1.96. The van der Waals surface area contributed by atoms with E-state index in [0.29, 0.717) is 15.8 Å². The summed E-state index contributed by atoms with van der Waals surface area (Å²) in [5, 5.41) is 4.94. The van der Waals surface area contributed by atoms with Crippen molar-refractivity contribution in [3.8, 4) is 5.75 Å². The Morgan fingerprint density at radius 2 is 1.88 bits per heavy atom. The normalized spacial score (nSPS) is 11.2. The van der Waals surface area contributed by atoms with Crippen LogP contribution in [0.3, 0.4) is 0 Å². The molecule has 0 fully saturated rings. The minimum atomic E-state index is -0.370. The van der Waals surface area contributed by atoms with Crippen molar-refractivity contribution in [3.63, 3.8) is 0 Å². The van der Waals surface area contributed by atoms with E-state index in [4.69, 9.17) is 27.9 Å². The van der Waals surface area contributed by atoms with Gasteiger partial charge < -0.3 is 4.74 Å². The molecule has 0 unspecified atom stereocenters. The summed E-state index contributed by atoms with van der Waals surface area (Å²) in [7, 11) is 0. The van der Waals surface area contributed by atoms with Gasteiger partial charge in [-0.15, -0.1) is 0 Å². The van der Waals surface area contributed by atoms with E-state index in [1.165, 1.54) is 5.56 Å². The molecule has 1 amide bonds. The number of carbonyl (C=O) groups is 1. The fraction of sp³-hybridized carbons (Fsp3) is 0.222. The highest BCUT2D eigenvalue weighted by Crippen LogP contribution is 2.27. The number of aryl methyl sites for hydroxylation is 1. The SMILES string of the molecule is CCc1ccc(/C(C)=N/NC(=O)COc2ccc(Cl)cc2Cl)cc1. The minimum absolute atomic E-state index is 0.188. The lowest BCUT2D eigenvalue weighted by Crippen LogP contribution is -2.25. The van der Waals surface area contributed by atoms with Crippen molar-refractivity contribution in [2.24, 2.45) is 5.10 Å². The van der Waals surface area contributed by atoms with Crippen LogP contribution in [0.2, 0.25) is 10.0 Å². The zero-order valence-electron chi connectivity index (χ0n) is 13.5. The van der Waals surface area contributed by atoms with Crippen molar-refractivity contribution < 1.29 is 9.53 Å². The molecular formula is C18H18Cl2N2O2. The Labute approximate surface area is 151 Å². The van der Waals surface area contributed by atoms with Crippen LogP contribution in [0.15, 0.2) is 47.6 Å². The predicted molar refractivity (Wildman–Crippen MR) is 98.1 cm³/mol. The first-order chi connectivity index (χ1) is 11.5. The summed E-state index contributed by atoms with van der Waals surface area (Å²) in [6, 6.07) is 12.9. The van der Waals surface area contributed by atoms with Gasteiger partial charge in [0.15, 0.2) is 6.61 Å². The lowest BCUT2D eigenvalue weighted by Gasteiger charge is -2.08. The van der Waals surface area contributed by atoms with Crippen LogP contribution in [0.25, 0.3) is 0 Å². The Hall–Kier alpha value is -2.04. The summed E-state index contributed by atoms with van der Waals surface area (Å²) in [4.78, 5) is 11.8. The molecule has 0 aliphatic carbocycles. The van der Waals surface area contributed by atoms with E-state index in [-0.39, 0.29) is 12.5 Å². The number of hydrogen-bond acceptors (Lipinski definition) is 3. The van der Waals surface area contributed by atoms with Crippen LogP contribution in [0.4, 0.5) is 0 Å². The molecule has 4 nitrogen and oxygen atoms in total. The third-order valence-corrected chi connectivity index (χ3v) is 3.91. The Morgan fingerprint density at radius 1 is 1.17 bits per heavy atom. The molecule has 0 saturated heterocycles. The molecule has 0 spiro atoms. The van der Waals surface area contributed by atoms with Crippen LogP contribution >= 0.6 is 23.2 Å². The summed E-state index contributed by atoms with van der Waals surface area (Å²) < 4.78 is 5.35. The van der Waals surface area contributed by atoms with E-state index < -0.39 is 0 Å². The second-order valence-electron chi connectivity index (χ2n) is 5.15. The molecule has 24 heavy (non-hydrogen) atoms. The Bertz CT molecular complexity index is 743. The molecule has 0 heterocycles. The maximum absolute atomic E-state index is 11.8. The average molecular weight is 365 g/mol. The number of carbonyl (C=O) groups excluding carboxylic acids is 1. The molecule has 0 aliphatic rings. The number of benzene rings is 2. The van der Waals surface area contributed by atoms with E-state index >= 15 is 0 Å². The highest BCUT2D eigenvalue weighted by molar-refractivity contribution is 6.35. The number of ether oxygens (including phenoxy) is 1. The Kier molecular flexibility index (Phi) is 6.64. The summed E-state index contributed by atoms with van der Waals surface area (Å²) in [5.41, 5.74) is 5.39. The average Bonchev–Trinajstić information content (AvgIpc) is 2.59. The Morgan fingerprint density at radius 3 is 2.50 bits per heavy atom. The van der Waals surface area contributed by atoms with Gasteiger partial charge in [0.1, 0.15) is 5.75 Å². The molecule has 2 rings (SSSR count). The molecule has 1 N–H and O–H groups in total. The number of hydrogen-bond donors (Lipinski definition) is 1. The van der Waals surface area contributed by atoms with E-state index in [2.05, 4.69) is 17.5 Å². The van der Waals surface area contributed by atoms with Crippen molar-refractivity contribution >= 4 is 34.8 Å². The first-order valence-corrected chi connectivity index (χ1v) is 8.25. The standard InChI is InChI=1S/C18H18Cl2N2O2/c1-3-13-4-6-14(7-5-13)12(2)21-22-18(23)11-24-17-9-8-15(19)10-16(17)20/h4-10H,3,11H2,1-2H3,(H,22,23)/b21-12+. The van der Waals surface area contributed by atoms with Gasteiger partial charge in [-0.25, -0.2) is 5.43 Å². The zero-order chi connectivity index (χ0) is 17.5. The maximum Gasteiger partial charge on any atom is 0.277 e. The molecular weight excluding hydrogens is 347 g/mol.